The van der Waals surface area contributed by atoms with Gasteiger partial charge in [0, 0.05) is 0 Å². The van der Waals surface area contributed by atoms with Crippen LogP contribution in [0.25, 0.3) is 0 Å². The average molecular weight is 783 g/mol. The van der Waals surface area contributed by atoms with Crippen LogP contribution >= 0.6 is 0 Å². The molecule has 0 aliphatic rings. The van der Waals surface area contributed by atoms with Crippen LogP contribution < -0.4 is 14.2 Å². The minimum absolute atomic E-state index is 1.21. The van der Waals surface area contributed by atoms with Gasteiger partial charge in [-0.15, -0.1) is 15.0 Å². The van der Waals surface area contributed by atoms with Crippen molar-refractivity contribution < 1.29 is 133 Å². The van der Waals surface area contributed by atoms with Gasteiger partial charge in [0.05, 0.1) is 0 Å². The molecule has 33 heteroatoms. The number of ether oxygens (including phenoxy) is 3. The summed E-state index contributed by atoms with van der Waals surface area (Å²) >= 11 is 0. The normalized spacial score (nSPS) is 15.8. The van der Waals surface area contributed by atoms with E-state index >= 15 is 0 Å². The van der Waals surface area contributed by atoms with E-state index in [4.69, 9.17) is 0 Å². The molecule has 0 saturated heterocycles. The van der Waals surface area contributed by atoms with Gasteiger partial charge in [0.15, 0.2) is 0 Å². The second kappa shape index (κ2) is 11.3. The molecular formula is C15F27N3O3. The van der Waals surface area contributed by atoms with E-state index in [0.717, 1.165) is 0 Å². The molecule has 1 aromatic rings. The van der Waals surface area contributed by atoms with Crippen LogP contribution in [-0.2, 0) is 0 Å². The lowest BCUT2D eigenvalue weighted by molar-refractivity contribution is -0.439. The van der Waals surface area contributed by atoms with Gasteiger partial charge < -0.3 is 14.2 Å². The Morgan fingerprint density at radius 1 is 0.229 bits per heavy atom. The lowest BCUT2D eigenvalue weighted by atomic mass is 10.0. The maximum atomic E-state index is 13.1. The molecule has 0 radical (unpaired) electrons. The molecule has 1 aromatic heterocycles. The van der Waals surface area contributed by atoms with Crippen LogP contribution in [0.3, 0.4) is 0 Å². The van der Waals surface area contributed by atoms with Crippen molar-refractivity contribution in [2.45, 2.75) is 72.4 Å². The van der Waals surface area contributed by atoms with Gasteiger partial charge >= 0.3 is 90.4 Å². The summed E-state index contributed by atoms with van der Waals surface area (Å²) < 4.78 is 362. The van der Waals surface area contributed by atoms with Crippen LogP contribution in [0.4, 0.5) is 119 Å². The third-order valence-electron chi connectivity index (χ3n) is 4.90. The molecule has 1 heterocycles. The van der Waals surface area contributed by atoms with E-state index in [1.807, 2.05) is 0 Å². The minimum atomic E-state index is -8.13. The molecule has 0 bridgehead atoms. The van der Waals surface area contributed by atoms with Gasteiger partial charge in [0.1, 0.15) is 0 Å². The fraction of sp³-hybridized carbons (Fsp3) is 0.800. The highest BCUT2D eigenvalue weighted by molar-refractivity contribution is 5.18. The van der Waals surface area contributed by atoms with Crippen LogP contribution in [-0.4, -0.2) is 87.3 Å². The van der Waals surface area contributed by atoms with Gasteiger partial charge in [0.2, 0.25) is 0 Å². The molecule has 0 aliphatic carbocycles. The predicted molar refractivity (Wildman–Crippen MR) is 84.4 cm³/mol. The van der Waals surface area contributed by atoms with Crippen LogP contribution in [0.15, 0.2) is 0 Å². The maximum Gasteiger partial charge on any atom is 0.447 e. The Morgan fingerprint density at radius 3 is 0.417 bits per heavy atom. The molecule has 0 unspecified atom stereocenters. The molecule has 0 spiro atoms. The van der Waals surface area contributed by atoms with Crippen LogP contribution in [0.5, 0.6) is 18.0 Å². The number of nitrogens with zero attached hydrogens (tertiary/aromatic N) is 3. The van der Waals surface area contributed by atoms with Crippen molar-refractivity contribution in [2.75, 3.05) is 0 Å². The topological polar surface area (TPSA) is 66.4 Å². The summed E-state index contributed by atoms with van der Waals surface area (Å²) in [6, 6.07) is -12.5. The SMILES string of the molecule is FC(F)(F)C(Oc1nc(OC(C(F)(F)F)(C(F)(F)F)C(F)(F)F)nc(OC(C(F)(F)F)(C(F)(F)F)C(F)(F)F)n1)(C(F)(F)F)C(F)(F)F. The Bertz CT molecular complexity index is 1010. The standard InChI is InChI=1S/C15F27N3O3/c16-7(17,18)4(8(19,20)21,9(22,23)24)46-1-43-2(47-5(10(25,26)27,11(28,29)30)12(31,32)33)45-3(44-1)48-6(13(34,35)36,14(37,38)39)15(40,41)42. The van der Waals surface area contributed by atoms with E-state index < -0.39 is 90.4 Å². The number of rotatable bonds is 6. The van der Waals surface area contributed by atoms with Gasteiger partial charge in [-0.05, 0) is 0 Å². The van der Waals surface area contributed by atoms with Crippen LogP contribution in [0, 0.1) is 0 Å². The van der Waals surface area contributed by atoms with Crippen molar-refractivity contribution in [3.8, 4) is 18.0 Å². The number of alkyl halides is 27. The summed E-state index contributed by atoms with van der Waals surface area (Å²) in [4.78, 5) is 3.63. The summed E-state index contributed by atoms with van der Waals surface area (Å²) in [7, 11) is 0. The maximum absolute atomic E-state index is 13.1. The number of aromatic nitrogens is 3. The van der Waals surface area contributed by atoms with Gasteiger partial charge in [-0.3, -0.25) is 0 Å². The molecule has 6 nitrogen and oxygen atoms in total. The van der Waals surface area contributed by atoms with Crippen LogP contribution in [0.2, 0.25) is 0 Å². The molecule has 0 amide bonds. The summed E-state index contributed by atoms with van der Waals surface area (Å²) in [6.07, 6.45) is -73.1. The van der Waals surface area contributed by atoms with Gasteiger partial charge in [-0.1, -0.05) is 0 Å². The highest BCUT2D eigenvalue weighted by atomic mass is 19.5. The van der Waals surface area contributed by atoms with E-state index in [9.17, 15) is 119 Å². The van der Waals surface area contributed by atoms with Crippen molar-refractivity contribution >= 4 is 0 Å². The van der Waals surface area contributed by atoms with E-state index in [-0.39, 0.29) is 0 Å². The summed E-state index contributed by atoms with van der Waals surface area (Å²) in [5.41, 5.74) is -24.1. The second-order valence-electron chi connectivity index (χ2n) is 8.01. The van der Waals surface area contributed by atoms with Crippen molar-refractivity contribution in [3.63, 3.8) is 0 Å². The molecule has 0 fully saturated rings. The van der Waals surface area contributed by atoms with E-state index in [1.165, 1.54) is 15.0 Å². The highest BCUT2D eigenvalue weighted by Crippen LogP contribution is 2.58. The Kier molecular flexibility index (Phi) is 10.00. The highest BCUT2D eigenvalue weighted by Gasteiger charge is 2.90. The van der Waals surface area contributed by atoms with E-state index in [0.29, 0.717) is 0 Å². The third-order valence-corrected chi connectivity index (χ3v) is 4.90. The first-order chi connectivity index (χ1) is 20.5. The van der Waals surface area contributed by atoms with Crippen molar-refractivity contribution in [3.05, 3.63) is 0 Å². The van der Waals surface area contributed by atoms with Crippen molar-refractivity contribution in [2.24, 2.45) is 0 Å². The minimum Gasteiger partial charge on any atom is -0.429 e. The molecule has 0 aliphatic heterocycles. The first-order valence-electron chi connectivity index (χ1n) is 9.92. The Labute approximate surface area is 239 Å². The van der Waals surface area contributed by atoms with E-state index in [2.05, 4.69) is 14.2 Å². The zero-order chi connectivity index (χ0) is 39.0. The van der Waals surface area contributed by atoms with Crippen molar-refractivity contribution in [1.29, 1.82) is 0 Å². The first kappa shape index (κ1) is 42.5. The van der Waals surface area contributed by atoms with Crippen LogP contribution in [0.1, 0.15) is 0 Å². The Balaban J connectivity index is 4.54. The predicted octanol–water partition coefficient (Wildman–Crippen LogP) is 8.29. The Morgan fingerprint density at radius 2 is 0.333 bits per heavy atom. The molecule has 1 rings (SSSR count). The molecule has 48 heavy (non-hydrogen) atoms. The fourth-order valence-corrected chi connectivity index (χ4v) is 2.84. The zero-order valence-electron chi connectivity index (χ0n) is 20.3. The lowest BCUT2D eigenvalue weighted by Crippen LogP contribution is -2.70. The fourth-order valence-electron chi connectivity index (χ4n) is 2.84. The number of hydrogen-bond acceptors (Lipinski definition) is 6. The Hall–Kier alpha value is -3.48. The van der Waals surface area contributed by atoms with E-state index in [1.54, 1.807) is 0 Å². The average Bonchev–Trinajstić information content (AvgIpc) is 2.71. The van der Waals surface area contributed by atoms with Gasteiger partial charge in [-0.25, -0.2) is 0 Å². The summed E-state index contributed by atoms with van der Waals surface area (Å²) in [6.45, 7) is 0. The third kappa shape index (κ3) is 6.71. The lowest BCUT2D eigenvalue weighted by Gasteiger charge is -2.39. The number of hydrogen-bond donors (Lipinski definition) is 0. The molecule has 0 atom stereocenters. The van der Waals surface area contributed by atoms with Crippen molar-refractivity contribution in [1.82, 2.24) is 15.0 Å². The monoisotopic (exact) mass is 783 g/mol. The zero-order valence-corrected chi connectivity index (χ0v) is 20.3. The molecular weight excluding hydrogens is 783 g/mol. The molecule has 0 N–H and O–H groups in total. The summed E-state index contributed by atoms with van der Waals surface area (Å²) in [5, 5.41) is 0. The largest absolute Gasteiger partial charge is 0.447 e. The smallest absolute Gasteiger partial charge is 0.429 e. The molecule has 0 aromatic carbocycles. The number of halogens is 27. The van der Waals surface area contributed by atoms with Gasteiger partial charge in [0.25, 0.3) is 0 Å². The second-order valence-corrected chi connectivity index (χ2v) is 8.01. The first-order valence-corrected chi connectivity index (χ1v) is 9.92. The quantitative estimate of drug-likeness (QED) is 0.271. The summed E-state index contributed by atoms with van der Waals surface area (Å²) in [5.74, 6) is 0. The molecule has 0 saturated carbocycles. The molecule has 282 valence electrons. The van der Waals surface area contributed by atoms with Gasteiger partial charge in [-0.2, -0.15) is 119 Å².